The van der Waals surface area contributed by atoms with Crippen molar-refractivity contribution in [2.24, 2.45) is 5.73 Å². The van der Waals surface area contributed by atoms with Gasteiger partial charge < -0.3 is 15.2 Å². The molecular formula is C16H17ClFNO2. The minimum absolute atomic E-state index is 0.0838. The molecule has 5 heteroatoms. The maximum Gasteiger partial charge on any atom is 0.161 e. The molecule has 0 saturated heterocycles. The Morgan fingerprint density at radius 1 is 1.19 bits per heavy atom. The second-order valence-corrected chi connectivity index (χ2v) is 5.13. The third-order valence-corrected chi connectivity index (χ3v) is 3.46. The Balaban J connectivity index is 2.16. The molecule has 3 nitrogen and oxygen atoms in total. The maximum absolute atomic E-state index is 13.0. The number of ether oxygens (including phenoxy) is 2. The van der Waals surface area contributed by atoms with E-state index >= 15 is 0 Å². The first-order valence-electron chi connectivity index (χ1n) is 6.51. The van der Waals surface area contributed by atoms with Gasteiger partial charge in [0.15, 0.2) is 11.5 Å². The summed E-state index contributed by atoms with van der Waals surface area (Å²) in [6, 6.07) is 9.65. The van der Waals surface area contributed by atoms with Crippen LogP contribution in [0.3, 0.4) is 0 Å². The van der Waals surface area contributed by atoms with Gasteiger partial charge in [0.2, 0.25) is 0 Å². The van der Waals surface area contributed by atoms with Gasteiger partial charge in [-0.2, -0.15) is 0 Å². The van der Waals surface area contributed by atoms with Crippen molar-refractivity contribution in [3.8, 4) is 11.5 Å². The van der Waals surface area contributed by atoms with Crippen LogP contribution in [0.15, 0.2) is 36.4 Å². The van der Waals surface area contributed by atoms with E-state index in [-0.39, 0.29) is 18.5 Å². The molecule has 2 aromatic rings. The Labute approximate surface area is 128 Å². The van der Waals surface area contributed by atoms with Crippen LogP contribution in [0, 0.1) is 5.82 Å². The van der Waals surface area contributed by atoms with Crippen LogP contribution in [0.1, 0.15) is 24.1 Å². The molecule has 112 valence electrons. The highest BCUT2D eigenvalue weighted by molar-refractivity contribution is 6.31. The van der Waals surface area contributed by atoms with Gasteiger partial charge in [-0.15, -0.1) is 0 Å². The average Bonchev–Trinajstić information content (AvgIpc) is 2.46. The number of benzene rings is 2. The van der Waals surface area contributed by atoms with Gasteiger partial charge in [0.1, 0.15) is 12.4 Å². The summed E-state index contributed by atoms with van der Waals surface area (Å²) in [5.41, 5.74) is 7.50. The molecule has 0 aliphatic carbocycles. The minimum atomic E-state index is -0.373. The molecule has 21 heavy (non-hydrogen) atoms. The molecule has 0 spiro atoms. The summed E-state index contributed by atoms with van der Waals surface area (Å²) in [6.45, 7) is 2.13. The van der Waals surface area contributed by atoms with Crippen molar-refractivity contribution >= 4 is 11.6 Å². The molecule has 2 aromatic carbocycles. The molecule has 0 unspecified atom stereocenters. The highest BCUT2D eigenvalue weighted by Crippen LogP contribution is 2.31. The average molecular weight is 310 g/mol. The van der Waals surface area contributed by atoms with E-state index in [1.54, 1.807) is 19.2 Å². The van der Waals surface area contributed by atoms with E-state index in [0.29, 0.717) is 22.1 Å². The number of hydrogen-bond acceptors (Lipinski definition) is 3. The Morgan fingerprint density at radius 3 is 2.57 bits per heavy atom. The molecule has 0 saturated carbocycles. The molecule has 2 N–H and O–H groups in total. The first-order chi connectivity index (χ1) is 10.0. The van der Waals surface area contributed by atoms with Crippen molar-refractivity contribution in [3.63, 3.8) is 0 Å². The zero-order chi connectivity index (χ0) is 15.4. The van der Waals surface area contributed by atoms with Gasteiger partial charge in [-0.3, -0.25) is 0 Å². The molecule has 0 amide bonds. The van der Waals surface area contributed by atoms with Crippen LogP contribution < -0.4 is 15.2 Å². The molecule has 0 radical (unpaired) electrons. The van der Waals surface area contributed by atoms with Crippen LogP contribution in [-0.4, -0.2) is 7.11 Å². The molecule has 0 aromatic heterocycles. The second-order valence-electron chi connectivity index (χ2n) is 4.72. The number of rotatable bonds is 5. The molecule has 0 fully saturated rings. The predicted octanol–water partition coefficient (Wildman–Crippen LogP) is 4.09. The largest absolute Gasteiger partial charge is 0.493 e. The SMILES string of the molecule is COc1cc([C@H](C)N)ccc1OCc1ccc(F)cc1Cl. The van der Waals surface area contributed by atoms with Gasteiger partial charge in [0, 0.05) is 11.6 Å². The van der Waals surface area contributed by atoms with Crippen molar-refractivity contribution in [2.75, 3.05) is 7.11 Å². The van der Waals surface area contributed by atoms with Gasteiger partial charge in [0.25, 0.3) is 0 Å². The number of nitrogens with two attached hydrogens (primary N) is 1. The Bertz CT molecular complexity index is 632. The molecule has 0 aliphatic rings. The fourth-order valence-corrected chi connectivity index (χ4v) is 2.10. The smallest absolute Gasteiger partial charge is 0.161 e. The molecular weight excluding hydrogens is 293 g/mol. The predicted molar refractivity (Wildman–Crippen MR) is 81.3 cm³/mol. The topological polar surface area (TPSA) is 44.5 Å². The normalized spacial score (nSPS) is 12.0. The summed E-state index contributed by atoms with van der Waals surface area (Å²) in [5, 5.41) is 0.334. The fraction of sp³-hybridized carbons (Fsp3) is 0.250. The molecule has 2 rings (SSSR count). The lowest BCUT2D eigenvalue weighted by atomic mass is 10.1. The standard InChI is InChI=1S/C16H17ClFNO2/c1-10(19)11-4-6-15(16(7-11)20-2)21-9-12-3-5-13(18)8-14(12)17/h3-8,10H,9,19H2,1-2H3/t10-/m0/s1. The van der Waals surface area contributed by atoms with Gasteiger partial charge in [-0.1, -0.05) is 23.7 Å². The Morgan fingerprint density at radius 2 is 1.95 bits per heavy atom. The van der Waals surface area contributed by atoms with Crippen LogP contribution in [0.5, 0.6) is 11.5 Å². The van der Waals surface area contributed by atoms with Gasteiger partial charge >= 0.3 is 0 Å². The third-order valence-electron chi connectivity index (χ3n) is 3.11. The molecule has 1 atom stereocenters. The monoisotopic (exact) mass is 309 g/mol. The number of hydrogen-bond donors (Lipinski definition) is 1. The quantitative estimate of drug-likeness (QED) is 0.905. The van der Waals surface area contributed by atoms with E-state index in [9.17, 15) is 4.39 Å². The number of halogens is 2. The first-order valence-corrected chi connectivity index (χ1v) is 6.89. The maximum atomic E-state index is 13.0. The zero-order valence-corrected chi connectivity index (χ0v) is 12.7. The van der Waals surface area contributed by atoms with E-state index in [2.05, 4.69) is 0 Å². The van der Waals surface area contributed by atoms with Crippen LogP contribution >= 0.6 is 11.6 Å². The Hall–Kier alpha value is -1.78. The lowest BCUT2D eigenvalue weighted by molar-refractivity contribution is 0.284. The first kappa shape index (κ1) is 15.6. The molecule has 0 bridgehead atoms. The van der Waals surface area contributed by atoms with Gasteiger partial charge in [0.05, 0.1) is 12.1 Å². The van der Waals surface area contributed by atoms with Gasteiger partial charge in [-0.25, -0.2) is 4.39 Å². The van der Waals surface area contributed by atoms with Crippen molar-refractivity contribution in [1.29, 1.82) is 0 Å². The Kier molecular flexibility index (Phi) is 5.04. The van der Waals surface area contributed by atoms with Crippen LogP contribution in [0.2, 0.25) is 5.02 Å². The van der Waals surface area contributed by atoms with Crippen molar-refractivity contribution in [2.45, 2.75) is 19.6 Å². The van der Waals surface area contributed by atoms with E-state index in [1.807, 2.05) is 19.1 Å². The van der Waals surface area contributed by atoms with Crippen LogP contribution in [0.25, 0.3) is 0 Å². The minimum Gasteiger partial charge on any atom is -0.493 e. The molecule has 0 heterocycles. The van der Waals surface area contributed by atoms with Crippen molar-refractivity contribution in [1.82, 2.24) is 0 Å². The zero-order valence-electron chi connectivity index (χ0n) is 11.9. The van der Waals surface area contributed by atoms with E-state index in [0.717, 1.165) is 5.56 Å². The van der Waals surface area contributed by atoms with E-state index < -0.39 is 0 Å². The van der Waals surface area contributed by atoms with Crippen molar-refractivity contribution in [3.05, 3.63) is 58.4 Å². The van der Waals surface area contributed by atoms with Crippen molar-refractivity contribution < 1.29 is 13.9 Å². The summed E-state index contributed by atoms with van der Waals surface area (Å²) in [5.74, 6) is 0.813. The highest BCUT2D eigenvalue weighted by Gasteiger charge is 2.09. The third kappa shape index (κ3) is 3.86. The summed E-state index contributed by atoms with van der Waals surface area (Å²) < 4.78 is 24.0. The summed E-state index contributed by atoms with van der Waals surface area (Å²) in [6.07, 6.45) is 0. The fourth-order valence-electron chi connectivity index (χ4n) is 1.88. The lowest BCUT2D eigenvalue weighted by Crippen LogP contribution is -2.06. The second kappa shape index (κ2) is 6.78. The highest BCUT2D eigenvalue weighted by atomic mass is 35.5. The van der Waals surface area contributed by atoms with Gasteiger partial charge in [-0.05, 0) is 36.8 Å². The summed E-state index contributed by atoms with van der Waals surface area (Å²) >= 11 is 5.97. The van der Waals surface area contributed by atoms with Crippen LogP contribution in [-0.2, 0) is 6.61 Å². The summed E-state index contributed by atoms with van der Waals surface area (Å²) in [4.78, 5) is 0. The molecule has 0 aliphatic heterocycles. The van der Waals surface area contributed by atoms with E-state index in [4.69, 9.17) is 26.8 Å². The summed E-state index contributed by atoms with van der Waals surface area (Å²) in [7, 11) is 1.57. The lowest BCUT2D eigenvalue weighted by Gasteiger charge is -2.14. The number of methoxy groups -OCH3 is 1. The van der Waals surface area contributed by atoms with E-state index in [1.165, 1.54) is 12.1 Å². The van der Waals surface area contributed by atoms with Crippen LogP contribution in [0.4, 0.5) is 4.39 Å².